The van der Waals surface area contributed by atoms with Gasteiger partial charge in [-0.2, -0.15) is 0 Å². The average molecular weight is 273 g/mol. The van der Waals surface area contributed by atoms with Crippen LogP contribution in [0.3, 0.4) is 0 Å². The largest absolute Gasteiger partial charge is 0.366 e. The monoisotopic (exact) mass is 273 g/mol. The Kier molecular flexibility index (Phi) is 3.44. The summed E-state index contributed by atoms with van der Waals surface area (Å²) in [5.41, 5.74) is 6.27. The van der Waals surface area contributed by atoms with E-state index < -0.39 is 5.91 Å². The van der Waals surface area contributed by atoms with Gasteiger partial charge in [0.1, 0.15) is 0 Å². The van der Waals surface area contributed by atoms with Gasteiger partial charge in [0.15, 0.2) is 0 Å². The molecule has 3 rings (SSSR count). The smallest absolute Gasteiger partial charge is 0.248 e. The molecule has 1 saturated carbocycles. The number of nitrogens with one attached hydrogen (secondary N) is 2. The van der Waals surface area contributed by atoms with Crippen molar-refractivity contribution in [3.05, 3.63) is 29.8 Å². The summed E-state index contributed by atoms with van der Waals surface area (Å²) in [7, 11) is 0. The van der Waals surface area contributed by atoms with Crippen LogP contribution in [0.2, 0.25) is 0 Å². The first-order chi connectivity index (χ1) is 9.65. The summed E-state index contributed by atoms with van der Waals surface area (Å²) in [4.78, 5) is 23.5. The topological polar surface area (TPSA) is 84.2 Å². The molecule has 3 unspecified atom stereocenters. The maximum atomic E-state index is 12.3. The van der Waals surface area contributed by atoms with Crippen LogP contribution in [0.1, 0.15) is 29.6 Å². The van der Waals surface area contributed by atoms with Crippen molar-refractivity contribution in [2.75, 3.05) is 11.9 Å². The van der Waals surface area contributed by atoms with Gasteiger partial charge in [0.25, 0.3) is 0 Å². The number of primary amides is 1. The van der Waals surface area contributed by atoms with Crippen molar-refractivity contribution >= 4 is 17.5 Å². The second-order valence-electron chi connectivity index (χ2n) is 5.68. The van der Waals surface area contributed by atoms with E-state index in [2.05, 4.69) is 10.6 Å². The number of amides is 2. The molecular formula is C15H19N3O2. The number of anilines is 1. The minimum atomic E-state index is -0.490. The quantitative estimate of drug-likeness (QED) is 0.771. The summed E-state index contributed by atoms with van der Waals surface area (Å²) in [5.74, 6) is 0.592. The second kappa shape index (κ2) is 5.25. The van der Waals surface area contributed by atoms with E-state index in [0.717, 1.165) is 13.0 Å². The molecule has 20 heavy (non-hydrogen) atoms. The minimum Gasteiger partial charge on any atom is -0.366 e. The van der Waals surface area contributed by atoms with E-state index in [-0.39, 0.29) is 11.9 Å². The van der Waals surface area contributed by atoms with Gasteiger partial charge in [-0.05, 0) is 49.4 Å². The van der Waals surface area contributed by atoms with Gasteiger partial charge in [0.05, 0.1) is 6.04 Å². The van der Waals surface area contributed by atoms with Crippen molar-refractivity contribution in [2.24, 2.45) is 17.6 Å². The standard InChI is InChI=1S/C15H19N3O2/c16-14(19)9-3-1-5-11(7-9)18-15(20)13-12-6-2-4-10(12)8-17-13/h1,3,5,7,10,12-13,17H,2,4,6,8H2,(H2,16,19)(H,18,20). The van der Waals surface area contributed by atoms with Crippen molar-refractivity contribution in [1.82, 2.24) is 5.32 Å². The predicted molar refractivity (Wildman–Crippen MR) is 76.2 cm³/mol. The molecule has 5 heteroatoms. The number of carbonyl (C=O) groups excluding carboxylic acids is 2. The third kappa shape index (κ3) is 2.41. The third-order valence-electron chi connectivity index (χ3n) is 4.44. The Bertz CT molecular complexity index is 544. The lowest BCUT2D eigenvalue weighted by atomic mass is 9.93. The van der Waals surface area contributed by atoms with Crippen LogP contribution in [-0.4, -0.2) is 24.4 Å². The number of carbonyl (C=O) groups is 2. The van der Waals surface area contributed by atoms with Crippen LogP contribution in [-0.2, 0) is 4.79 Å². The first-order valence-electron chi connectivity index (χ1n) is 7.09. The molecule has 1 saturated heterocycles. The SMILES string of the molecule is NC(=O)c1cccc(NC(=O)C2NCC3CCCC32)c1. The second-order valence-corrected chi connectivity index (χ2v) is 5.68. The molecule has 5 nitrogen and oxygen atoms in total. The number of hydrogen-bond acceptors (Lipinski definition) is 3. The molecule has 0 aromatic heterocycles. The lowest BCUT2D eigenvalue weighted by molar-refractivity contribution is -0.118. The highest BCUT2D eigenvalue weighted by atomic mass is 16.2. The molecule has 106 valence electrons. The Balaban J connectivity index is 1.70. The van der Waals surface area contributed by atoms with Crippen molar-refractivity contribution in [2.45, 2.75) is 25.3 Å². The van der Waals surface area contributed by atoms with Crippen molar-refractivity contribution in [1.29, 1.82) is 0 Å². The molecule has 1 aromatic rings. The van der Waals surface area contributed by atoms with Crippen molar-refractivity contribution in [3.63, 3.8) is 0 Å². The predicted octanol–water partition coefficient (Wildman–Crippen LogP) is 1.11. The average Bonchev–Trinajstić information content (AvgIpc) is 3.00. The first kappa shape index (κ1) is 13.1. The Hall–Kier alpha value is -1.88. The Morgan fingerprint density at radius 2 is 2.15 bits per heavy atom. The van der Waals surface area contributed by atoms with Gasteiger partial charge in [-0.3, -0.25) is 9.59 Å². The number of nitrogens with two attached hydrogens (primary N) is 1. The number of fused-ring (bicyclic) bond motifs is 1. The highest BCUT2D eigenvalue weighted by Gasteiger charge is 2.42. The maximum absolute atomic E-state index is 12.3. The van der Waals surface area contributed by atoms with Gasteiger partial charge < -0.3 is 16.4 Å². The number of rotatable bonds is 3. The minimum absolute atomic E-state index is 0.0129. The van der Waals surface area contributed by atoms with Crippen LogP contribution in [0.15, 0.2) is 24.3 Å². The fourth-order valence-corrected chi connectivity index (χ4v) is 3.44. The Morgan fingerprint density at radius 1 is 1.30 bits per heavy atom. The molecule has 0 spiro atoms. The molecule has 1 aliphatic heterocycles. The molecule has 3 atom stereocenters. The molecule has 2 fully saturated rings. The van der Waals surface area contributed by atoms with Crippen LogP contribution < -0.4 is 16.4 Å². The molecule has 1 aliphatic carbocycles. The summed E-state index contributed by atoms with van der Waals surface area (Å²) < 4.78 is 0. The van der Waals surface area contributed by atoms with Gasteiger partial charge in [-0.15, -0.1) is 0 Å². The number of benzene rings is 1. The highest BCUT2D eigenvalue weighted by Crippen LogP contribution is 2.37. The van der Waals surface area contributed by atoms with E-state index >= 15 is 0 Å². The van der Waals surface area contributed by atoms with Gasteiger partial charge in [-0.25, -0.2) is 0 Å². The summed E-state index contributed by atoms with van der Waals surface area (Å²) >= 11 is 0. The fourth-order valence-electron chi connectivity index (χ4n) is 3.44. The van der Waals surface area contributed by atoms with Crippen molar-refractivity contribution in [3.8, 4) is 0 Å². The lowest BCUT2D eigenvalue weighted by Crippen LogP contribution is -2.39. The van der Waals surface area contributed by atoms with E-state index in [1.54, 1.807) is 24.3 Å². The molecular weight excluding hydrogens is 254 g/mol. The zero-order valence-corrected chi connectivity index (χ0v) is 11.3. The molecule has 2 aliphatic rings. The Morgan fingerprint density at radius 3 is 2.95 bits per heavy atom. The lowest BCUT2D eigenvalue weighted by Gasteiger charge is -2.17. The molecule has 1 heterocycles. The highest BCUT2D eigenvalue weighted by molar-refractivity contribution is 5.98. The van der Waals surface area contributed by atoms with Gasteiger partial charge in [0.2, 0.25) is 11.8 Å². The zero-order chi connectivity index (χ0) is 14.1. The fraction of sp³-hybridized carbons (Fsp3) is 0.467. The normalized spacial score (nSPS) is 28.1. The summed E-state index contributed by atoms with van der Waals surface area (Å²) in [6.45, 7) is 0.935. The number of hydrogen-bond donors (Lipinski definition) is 3. The molecule has 0 bridgehead atoms. The van der Waals surface area contributed by atoms with E-state index in [9.17, 15) is 9.59 Å². The van der Waals surface area contributed by atoms with E-state index in [4.69, 9.17) is 5.73 Å². The Labute approximate surface area is 117 Å². The molecule has 0 radical (unpaired) electrons. The van der Waals surface area contributed by atoms with Gasteiger partial charge in [0, 0.05) is 11.3 Å². The van der Waals surface area contributed by atoms with Crippen LogP contribution in [0.5, 0.6) is 0 Å². The molecule has 4 N–H and O–H groups in total. The van der Waals surface area contributed by atoms with Crippen molar-refractivity contribution < 1.29 is 9.59 Å². The maximum Gasteiger partial charge on any atom is 0.248 e. The zero-order valence-electron chi connectivity index (χ0n) is 11.3. The van der Waals surface area contributed by atoms with E-state index in [0.29, 0.717) is 23.1 Å². The molecule has 2 amide bonds. The van der Waals surface area contributed by atoms with Crippen LogP contribution in [0.25, 0.3) is 0 Å². The summed E-state index contributed by atoms with van der Waals surface area (Å²) in [5, 5.41) is 6.19. The van der Waals surface area contributed by atoms with Crippen LogP contribution in [0, 0.1) is 11.8 Å². The van der Waals surface area contributed by atoms with Gasteiger partial charge in [-0.1, -0.05) is 12.5 Å². The summed E-state index contributed by atoms with van der Waals surface area (Å²) in [6.07, 6.45) is 3.56. The van der Waals surface area contributed by atoms with Crippen LogP contribution >= 0.6 is 0 Å². The van der Waals surface area contributed by atoms with E-state index in [1.807, 2.05) is 0 Å². The summed E-state index contributed by atoms with van der Waals surface area (Å²) in [6, 6.07) is 6.63. The third-order valence-corrected chi connectivity index (χ3v) is 4.44. The van der Waals surface area contributed by atoms with Gasteiger partial charge >= 0.3 is 0 Å². The molecule has 1 aromatic carbocycles. The van der Waals surface area contributed by atoms with Crippen LogP contribution in [0.4, 0.5) is 5.69 Å². The first-order valence-corrected chi connectivity index (χ1v) is 7.09. The van der Waals surface area contributed by atoms with E-state index in [1.165, 1.54) is 12.8 Å².